The maximum atomic E-state index is 12.9. The molecule has 0 spiro atoms. The first kappa shape index (κ1) is 14.4. The first-order valence-corrected chi connectivity index (χ1v) is 8.01. The maximum Gasteiger partial charge on any atom is 0.256 e. The summed E-state index contributed by atoms with van der Waals surface area (Å²) in [6.07, 6.45) is 0. The number of rotatable bonds is 0. The second-order valence-electron chi connectivity index (χ2n) is 7.20. The molecule has 0 aliphatic carbocycles. The van der Waals surface area contributed by atoms with Gasteiger partial charge in [-0.2, -0.15) is 0 Å². The predicted molar refractivity (Wildman–Crippen MR) is 85.8 cm³/mol. The van der Waals surface area contributed by atoms with Gasteiger partial charge in [-0.3, -0.25) is 4.79 Å². The van der Waals surface area contributed by atoms with Crippen molar-refractivity contribution in [2.45, 2.75) is 25.4 Å². The molecule has 0 saturated heterocycles. The third-order valence-electron chi connectivity index (χ3n) is 5.22. The van der Waals surface area contributed by atoms with E-state index in [-0.39, 0.29) is 23.3 Å². The van der Waals surface area contributed by atoms with Gasteiger partial charge in [-0.05, 0) is 19.9 Å². The van der Waals surface area contributed by atoms with Gasteiger partial charge in [-0.15, -0.1) is 0 Å². The molecule has 5 nitrogen and oxygen atoms in total. The van der Waals surface area contributed by atoms with Crippen molar-refractivity contribution in [2.75, 3.05) is 27.4 Å². The third-order valence-corrected chi connectivity index (χ3v) is 5.22. The largest absolute Gasteiger partial charge is 0.493 e. The zero-order valence-corrected chi connectivity index (χ0v) is 14.0. The van der Waals surface area contributed by atoms with E-state index in [2.05, 4.69) is 19.9 Å². The lowest BCUT2D eigenvalue weighted by Gasteiger charge is -2.51. The molecular weight excluding hydrogens is 292 g/mol. The van der Waals surface area contributed by atoms with Gasteiger partial charge in [0, 0.05) is 31.5 Å². The van der Waals surface area contributed by atoms with E-state index in [1.54, 1.807) is 4.90 Å². The fraction of sp³-hybridized carbons (Fsp3) is 0.500. The van der Waals surface area contributed by atoms with Crippen molar-refractivity contribution in [1.82, 2.24) is 9.80 Å². The van der Waals surface area contributed by atoms with E-state index in [0.717, 1.165) is 22.8 Å². The predicted octanol–water partition coefficient (Wildman–Crippen LogP) is 2.16. The summed E-state index contributed by atoms with van der Waals surface area (Å²) in [6.45, 7) is 5.28. The Bertz CT molecular complexity index is 710. The number of ether oxygens (including phenoxy) is 2. The minimum Gasteiger partial charge on any atom is -0.493 e. The molecule has 0 fully saturated rings. The highest BCUT2D eigenvalue weighted by Crippen LogP contribution is 2.52. The molecule has 3 aliphatic rings. The van der Waals surface area contributed by atoms with Crippen LogP contribution in [-0.2, 0) is 9.53 Å². The minimum absolute atomic E-state index is 0.0106. The van der Waals surface area contributed by atoms with Crippen LogP contribution in [0.25, 0.3) is 0 Å². The average Bonchev–Trinajstić information content (AvgIpc) is 2.52. The summed E-state index contributed by atoms with van der Waals surface area (Å²) in [4.78, 5) is 16.7. The molecule has 0 N–H and O–H groups in total. The van der Waals surface area contributed by atoms with Crippen LogP contribution in [0.3, 0.4) is 0 Å². The molecule has 1 aromatic rings. The fourth-order valence-corrected chi connectivity index (χ4v) is 3.99. The number of nitrogens with zero attached hydrogens (tertiary/aromatic N) is 2. The molecule has 122 valence electrons. The van der Waals surface area contributed by atoms with E-state index in [1.807, 2.05) is 37.2 Å². The Balaban J connectivity index is 1.95. The first-order chi connectivity index (χ1) is 10.9. The van der Waals surface area contributed by atoms with E-state index in [9.17, 15) is 4.79 Å². The zero-order valence-electron chi connectivity index (χ0n) is 14.0. The van der Waals surface area contributed by atoms with Gasteiger partial charge < -0.3 is 19.3 Å². The van der Waals surface area contributed by atoms with Gasteiger partial charge in [-0.1, -0.05) is 18.2 Å². The number of benzene rings is 1. The highest BCUT2D eigenvalue weighted by molar-refractivity contribution is 5.96. The normalized spacial score (nSPS) is 28.4. The fourth-order valence-electron chi connectivity index (χ4n) is 3.99. The van der Waals surface area contributed by atoms with Gasteiger partial charge in [0.15, 0.2) is 0 Å². The Morgan fingerprint density at radius 2 is 1.91 bits per heavy atom. The van der Waals surface area contributed by atoms with Crippen LogP contribution in [0.5, 0.6) is 5.75 Å². The second-order valence-corrected chi connectivity index (χ2v) is 7.20. The summed E-state index contributed by atoms with van der Waals surface area (Å²) in [5.74, 6) is 1.77. The third kappa shape index (κ3) is 1.95. The van der Waals surface area contributed by atoms with E-state index < -0.39 is 0 Å². The summed E-state index contributed by atoms with van der Waals surface area (Å²) in [7, 11) is 3.81. The molecule has 3 aliphatic heterocycles. The summed E-state index contributed by atoms with van der Waals surface area (Å²) in [5.41, 5.74) is 1.47. The molecule has 0 saturated carbocycles. The summed E-state index contributed by atoms with van der Waals surface area (Å²) < 4.78 is 12.2. The van der Waals surface area contributed by atoms with E-state index in [0.29, 0.717) is 13.3 Å². The average molecular weight is 314 g/mol. The topological polar surface area (TPSA) is 42.0 Å². The van der Waals surface area contributed by atoms with Crippen LogP contribution >= 0.6 is 0 Å². The Morgan fingerprint density at radius 3 is 2.70 bits per heavy atom. The smallest absolute Gasteiger partial charge is 0.256 e. The van der Waals surface area contributed by atoms with Crippen LogP contribution in [0, 0.1) is 5.92 Å². The molecule has 23 heavy (non-hydrogen) atoms. The van der Waals surface area contributed by atoms with Crippen LogP contribution < -0.4 is 4.74 Å². The molecular formula is C18H22N2O3. The molecule has 0 bridgehead atoms. The Labute approximate surface area is 136 Å². The van der Waals surface area contributed by atoms with Crippen LogP contribution in [0.1, 0.15) is 25.3 Å². The van der Waals surface area contributed by atoms with Crippen molar-refractivity contribution in [3.8, 4) is 5.75 Å². The van der Waals surface area contributed by atoms with E-state index >= 15 is 0 Å². The van der Waals surface area contributed by atoms with Gasteiger partial charge in [0.25, 0.3) is 5.91 Å². The quantitative estimate of drug-likeness (QED) is 0.736. The van der Waals surface area contributed by atoms with Gasteiger partial charge in [-0.25, -0.2) is 0 Å². The molecule has 5 heteroatoms. The summed E-state index contributed by atoms with van der Waals surface area (Å²) >= 11 is 0. The molecule has 1 aromatic carbocycles. The lowest BCUT2D eigenvalue weighted by Crippen LogP contribution is -2.55. The Morgan fingerprint density at radius 1 is 1.17 bits per heavy atom. The van der Waals surface area contributed by atoms with Gasteiger partial charge in [0.2, 0.25) is 5.88 Å². The number of carbonyl (C=O) groups excluding carboxylic acids is 1. The Hall–Kier alpha value is -2.17. The lowest BCUT2D eigenvalue weighted by atomic mass is 9.69. The zero-order chi connectivity index (χ0) is 16.4. The Kier molecular flexibility index (Phi) is 2.92. The van der Waals surface area contributed by atoms with Gasteiger partial charge in [0.1, 0.15) is 11.4 Å². The highest BCUT2D eigenvalue weighted by atomic mass is 16.5. The van der Waals surface area contributed by atoms with E-state index in [1.165, 1.54) is 0 Å². The standard InChI is InChI=1S/C18H22N2O3/c1-18(2)12-9-22-13-8-6-5-7-11(13)14(12)15-16(21)19(3)10-20(4)17(15)23-18/h5-8,12,14H,9-10H2,1-4H3/t12-,14+/m0/s1. The van der Waals surface area contributed by atoms with Crippen molar-refractivity contribution >= 4 is 5.91 Å². The van der Waals surface area contributed by atoms with Crippen LogP contribution in [0.15, 0.2) is 35.7 Å². The van der Waals surface area contributed by atoms with Crippen molar-refractivity contribution in [2.24, 2.45) is 5.92 Å². The van der Waals surface area contributed by atoms with Gasteiger partial charge in [0.05, 0.1) is 18.8 Å². The number of carbonyl (C=O) groups is 1. The van der Waals surface area contributed by atoms with E-state index in [4.69, 9.17) is 9.47 Å². The number of para-hydroxylation sites is 1. The number of amides is 1. The molecule has 0 aromatic heterocycles. The molecule has 0 radical (unpaired) electrons. The van der Waals surface area contributed by atoms with Crippen LogP contribution in [0.2, 0.25) is 0 Å². The van der Waals surface area contributed by atoms with Crippen molar-refractivity contribution in [3.63, 3.8) is 0 Å². The highest BCUT2D eigenvalue weighted by Gasteiger charge is 2.53. The van der Waals surface area contributed by atoms with Crippen molar-refractivity contribution in [3.05, 3.63) is 41.3 Å². The molecule has 4 rings (SSSR count). The van der Waals surface area contributed by atoms with Crippen molar-refractivity contribution in [1.29, 1.82) is 0 Å². The SMILES string of the molecule is CN1CN(C)C2=C(C1=O)[C@@H]1c3ccccc3OC[C@@H]1C(C)(C)O2. The number of likely N-dealkylation sites (N-methyl/N-ethyl adjacent to an activating group) is 1. The number of hydrogen-bond donors (Lipinski definition) is 0. The number of fused-ring (bicyclic) bond motifs is 4. The monoisotopic (exact) mass is 314 g/mol. The summed E-state index contributed by atoms with van der Waals surface area (Å²) in [6, 6.07) is 8.03. The number of hydrogen-bond acceptors (Lipinski definition) is 4. The maximum absolute atomic E-state index is 12.9. The lowest BCUT2D eigenvalue weighted by molar-refractivity contribution is -0.141. The summed E-state index contributed by atoms with van der Waals surface area (Å²) in [5, 5.41) is 0. The molecule has 1 amide bonds. The molecule has 3 heterocycles. The van der Waals surface area contributed by atoms with Crippen LogP contribution in [0.4, 0.5) is 0 Å². The molecule has 2 atom stereocenters. The van der Waals surface area contributed by atoms with Gasteiger partial charge >= 0.3 is 0 Å². The molecule has 0 unspecified atom stereocenters. The van der Waals surface area contributed by atoms with Crippen LogP contribution in [-0.4, -0.2) is 48.7 Å². The van der Waals surface area contributed by atoms with Crippen molar-refractivity contribution < 1.29 is 14.3 Å². The second kappa shape index (κ2) is 4.66. The first-order valence-electron chi connectivity index (χ1n) is 8.01. The minimum atomic E-state index is -0.387.